The molecule has 0 bridgehead atoms. The largest absolute Gasteiger partial charge is 0.497 e. The van der Waals surface area contributed by atoms with E-state index in [1.807, 2.05) is 42.5 Å². The summed E-state index contributed by atoms with van der Waals surface area (Å²) in [5, 5.41) is 3.83. The molecule has 0 aliphatic carbocycles. The van der Waals surface area contributed by atoms with Gasteiger partial charge in [0.2, 0.25) is 5.91 Å². The Kier molecular flexibility index (Phi) is 6.53. The molecule has 0 spiro atoms. The third kappa shape index (κ3) is 5.23. The fourth-order valence-electron chi connectivity index (χ4n) is 3.38. The first-order chi connectivity index (χ1) is 12.6. The smallest absolute Gasteiger partial charge is 0.224 e. The maximum absolute atomic E-state index is 12.6. The van der Waals surface area contributed by atoms with Crippen molar-refractivity contribution >= 4 is 17.5 Å². The molecule has 2 aromatic rings. The summed E-state index contributed by atoms with van der Waals surface area (Å²) in [6, 6.07) is 15.7. The van der Waals surface area contributed by atoms with E-state index in [4.69, 9.17) is 16.3 Å². The molecule has 3 rings (SSSR count). The van der Waals surface area contributed by atoms with Gasteiger partial charge in [0.15, 0.2) is 0 Å². The Balaban J connectivity index is 1.50. The lowest BCUT2D eigenvalue weighted by Crippen LogP contribution is -2.42. The van der Waals surface area contributed by atoms with Gasteiger partial charge in [0, 0.05) is 24.7 Å². The summed E-state index contributed by atoms with van der Waals surface area (Å²) >= 11 is 6.07. The van der Waals surface area contributed by atoms with E-state index in [1.54, 1.807) is 7.11 Å². The number of rotatable bonds is 6. The minimum absolute atomic E-state index is 0.0428. The molecule has 138 valence electrons. The average Bonchev–Trinajstić information content (AvgIpc) is 2.67. The Morgan fingerprint density at radius 2 is 2.04 bits per heavy atom. The van der Waals surface area contributed by atoms with Crippen LogP contribution in [0.5, 0.6) is 5.75 Å². The number of benzene rings is 2. The van der Waals surface area contributed by atoms with Gasteiger partial charge in [-0.25, -0.2) is 0 Å². The number of nitrogens with zero attached hydrogens (tertiary/aromatic N) is 1. The summed E-state index contributed by atoms with van der Waals surface area (Å²) in [5.74, 6) is 1.00. The van der Waals surface area contributed by atoms with E-state index in [0.717, 1.165) is 48.8 Å². The lowest BCUT2D eigenvalue weighted by Gasteiger charge is -2.32. The molecule has 5 heteroatoms. The van der Waals surface area contributed by atoms with Crippen molar-refractivity contribution in [2.24, 2.45) is 5.92 Å². The lowest BCUT2D eigenvalue weighted by molar-refractivity contribution is -0.126. The van der Waals surface area contributed by atoms with Crippen LogP contribution in [0, 0.1) is 5.92 Å². The molecule has 1 heterocycles. The zero-order valence-corrected chi connectivity index (χ0v) is 15.8. The Hall–Kier alpha value is -2.04. The molecule has 1 fully saturated rings. The molecule has 4 nitrogen and oxygen atoms in total. The topological polar surface area (TPSA) is 41.6 Å². The van der Waals surface area contributed by atoms with Gasteiger partial charge < -0.3 is 10.1 Å². The molecular formula is C21H25ClN2O2. The lowest BCUT2D eigenvalue weighted by atomic mass is 9.96. The minimum atomic E-state index is 0.0428. The Bertz CT molecular complexity index is 733. The molecule has 1 saturated heterocycles. The monoisotopic (exact) mass is 372 g/mol. The summed E-state index contributed by atoms with van der Waals surface area (Å²) in [7, 11) is 1.65. The first-order valence-electron chi connectivity index (χ1n) is 9.01. The fraction of sp³-hybridized carbons (Fsp3) is 0.381. The summed E-state index contributed by atoms with van der Waals surface area (Å²) in [4.78, 5) is 14.9. The summed E-state index contributed by atoms with van der Waals surface area (Å²) in [6.07, 6.45) is 1.99. The number of likely N-dealkylation sites (tertiary alicyclic amines) is 1. The minimum Gasteiger partial charge on any atom is -0.497 e. The molecule has 0 radical (unpaired) electrons. The van der Waals surface area contributed by atoms with Crippen molar-refractivity contribution in [2.45, 2.75) is 25.9 Å². The van der Waals surface area contributed by atoms with Gasteiger partial charge in [-0.15, -0.1) is 0 Å². The van der Waals surface area contributed by atoms with Gasteiger partial charge in [-0.3, -0.25) is 9.69 Å². The average molecular weight is 373 g/mol. The number of methoxy groups -OCH3 is 1. The number of nitrogens with one attached hydrogen (secondary N) is 1. The third-order valence-corrected chi connectivity index (χ3v) is 5.03. The van der Waals surface area contributed by atoms with Gasteiger partial charge in [-0.1, -0.05) is 35.9 Å². The van der Waals surface area contributed by atoms with Gasteiger partial charge in [-0.2, -0.15) is 0 Å². The summed E-state index contributed by atoms with van der Waals surface area (Å²) in [5.41, 5.74) is 2.27. The molecule has 1 N–H and O–H groups in total. The predicted molar refractivity (Wildman–Crippen MR) is 104 cm³/mol. The Morgan fingerprint density at radius 1 is 1.23 bits per heavy atom. The quantitative estimate of drug-likeness (QED) is 0.836. The highest BCUT2D eigenvalue weighted by molar-refractivity contribution is 6.30. The molecule has 1 amide bonds. The number of piperidine rings is 1. The van der Waals surface area contributed by atoms with E-state index < -0.39 is 0 Å². The van der Waals surface area contributed by atoms with Crippen molar-refractivity contribution in [1.29, 1.82) is 0 Å². The van der Waals surface area contributed by atoms with Crippen molar-refractivity contribution in [1.82, 2.24) is 10.2 Å². The summed E-state index contributed by atoms with van der Waals surface area (Å²) < 4.78 is 5.16. The number of halogens is 1. The fourth-order valence-corrected chi connectivity index (χ4v) is 3.60. The molecule has 0 saturated carbocycles. The van der Waals surface area contributed by atoms with E-state index in [1.165, 1.54) is 5.56 Å². The molecule has 26 heavy (non-hydrogen) atoms. The first-order valence-corrected chi connectivity index (χ1v) is 9.39. The van der Waals surface area contributed by atoms with Crippen molar-refractivity contribution in [3.63, 3.8) is 0 Å². The van der Waals surface area contributed by atoms with Crippen LogP contribution in [0.1, 0.15) is 24.0 Å². The third-order valence-electron chi connectivity index (χ3n) is 4.80. The second kappa shape index (κ2) is 9.06. The number of amides is 1. The molecule has 2 aromatic carbocycles. The summed E-state index contributed by atoms with van der Waals surface area (Å²) in [6.45, 7) is 3.20. The zero-order valence-electron chi connectivity index (χ0n) is 15.1. The van der Waals surface area contributed by atoms with E-state index in [2.05, 4.69) is 16.3 Å². The second-order valence-corrected chi connectivity index (χ2v) is 7.21. The molecular weight excluding hydrogens is 348 g/mol. The normalized spacial score (nSPS) is 17.7. The van der Waals surface area contributed by atoms with Crippen molar-refractivity contribution in [3.05, 3.63) is 64.7 Å². The van der Waals surface area contributed by atoms with Gasteiger partial charge in [-0.05, 0) is 54.8 Å². The molecule has 1 unspecified atom stereocenters. The van der Waals surface area contributed by atoms with Crippen molar-refractivity contribution in [3.8, 4) is 5.75 Å². The second-order valence-electron chi connectivity index (χ2n) is 6.77. The number of ether oxygens (including phenoxy) is 1. The zero-order chi connectivity index (χ0) is 18.4. The van der Waals surface area contributed by atoms with Crippen molar-refractivity contribution < 1.29 is 9.53 Å². The van der Waals surface area contributed by atoms with Gasteiger partial charge in [0.05, 0.1) is 13.0 Å². The Labute approximate surface area is 160 Å². The highest BCUT2D eigenvalue weighted by Crippen LogP contribution is 2.20. The van der Waals surface area contributed by atoms with Crippen LogP contribution in [0.2, 0.25) is 5.02 Å². The van der Waals surface area contributed by atoms with E-state index >= 15 is 0 Å². The maximum Gasteiger partial charge on any atom is 0.224 e. The standard InChI is InChI=1S/C21H25ClN2O2/c1-26-20-9-7-16(8-10-20)13-23-21(25)18-5-3-11-24(15-18)14-17-4-2-6-19(22)12-17/h2,4,6-10,12,18H,3,5,11,13-15H2,1H3,(H,23,25). The molecule has 0 aromatic heterocycles. The number of carbonyl (C=O) groups is 1. The van der Waals surface area contributed by atoms with E-state index in [9.17, 15) is 4.79 Å². The van der Waals surface area contributed by atoms with E-state index in [0.29, 0.717) is 6.54 Å². The highest BCUT2D eigenvalue weighted by atomic mass is 35.5. The van der Waals surface area contributed by atoms with Gasteiger partial charge in [0.1, 0.15) is 5.75 Å². The van der Waals surface area contributed by atoms with Crippen LogP contribution in [0.15, 0.2) is 48.5 Å². The predicted octanol–water partition coefficient (Wildman–Crippen LogP) is 3.88. The van der Waals surface area contributed by atoms with Crippen LogP contribution < -0.4 is 10.1 Å². The van der Waals surface area contributed by atoms with Crippen LogP contribution in [0.4, 0.5) is 0 Å². The van der Waals surface area contributed by atoms with E-state index in [-0.39, 0.29) is 11.8 Å². The maximum atomic E-state index is 12.6. The number of hydrogen-bond donors (Lipinski definition) is 1. The first kappa shape index (κ1) is 18.7. The van der Waals surface area contributed by atoms with Crippen LogP contribution in [0.3, 0.4) is 0 Å². The van der Waals surface area contributed by atoms with Gasteiger partial charge in [0.25, 0.3) is 0 Å². The van der Waals surface area contributed by atoms with Crippen LogP contribution in [-0.2, 0) is 17.9 Å². The van der Waals surface area contributed by atoms with Crippen LogP contribution >= 0.6 is 11.6 Å². The molecule has 1 aliphatic rings. The number of hydrogen-bond acceptors (Lipinski definition) is 3. The number of carbonyl (C=O) groups excluding carboxylic acids is 1. The van der Waals surface area contributed by atoms with Gasteiger partial charge >= 0.3 is 0 Å². The van der Waals surface area contributed by atoms with Crippen LogP contribution in [-0.4, -0.2) is 31.0 Å². The van der Waals surface area contributed by atoms with Crippen molar-refractivity contribution in [2.75, 3.05) is 20.2 Å². The molecule has 1 atom stereocenters. The molecule has 1 aliphatic heterocycles. The highest BCUT2D eigenvalue weighted by Gasteiger charge is 2.25. The van der Waals surface area contributed by atoms with Crippen LogP contribution in [0.25, 0.3) is 0 Å². The SMILES string of the molecule is COc1ccc(CNC(=O)C2CCCN(Cc3cccc(Cl)c3)C2)cc1. The Morgan fingerprint density at radius 3 is 2.77 bits per heavy atom.